The van der Waals surface area contributed by atoms with Crippen molar-refractivity contribution in [2.24, 2.45) is 0 Å². The summed E-state index contributed by atoms with van der Waals surface area (Å²) in [5.41, 5.74) is 2.58. The molecule has 3 heteroatoms. The van der Waals surface area contributed by atoms with Crippen LogP contribution in [0.2, 0.25) is 0 Å². The van der Waals surface area contributed by atoms with Gasteiger partial charge in [0.25, 0.3) is 0 Å². The number of hydrogen-bond donors (Lipinski definition) is 0. The molecule has 0 unspecified atom stereocenters. The van der Waals surface area contributed by atoms with Crippen LogP contribution in [0.15, 0.2) is 103 Å². The van der Waals surface area contributed by atoms with E-state index in [1.807, 2.05) is 44.2 Å². The molecule has 30 heavy (non-hydrogen) atoms. The lowest BCUT2D eigenvalue weighted by atomic mass is 9.80. The van der Waals surface area contributed by atoms with E-state index in [0.717, 1.165) is 16.7 Å². The van der Waals surface area contributed by atoms with Crippen molar-refractivity contribution in [3.05, 3.63) is 120 Å². The molecule has 1 heterocycles. The monoisotopic (exact) mass is 400 g/mol. The second-order valence-electron chi connectivity index (χ2n) is 7.89. The summed E-state index contributed by atoms with van der Waals surface area (Å²) in [7, 11) is 0. The van der Waals surface area contributed by atoms with Crippen molar-refractivity contribution in [2.45, 2.75) is 31.3 Å². The molecular formula is C27H28O3. The van der Waals surface area contributed by atoms with Gasteiger partial charge in [-0.3, -0.25) is 0 Å². The van der Waals surface area contributed by atoms with Gasteiger partial charge in [0.15, 0.2) is 5.79 Å². The summed E-state index contributed by atoms with van der Waals surface area (Å²) in [4.78, 5) is 0. The van der Waals surface area contributed by atoms with E-state index in [2.05, 4.69) is 72.8 Å². The van der Waals surface area contributed by atoms with Crippen LogP contribution in [0.1, 0.15) is 30.5 Å². The Balaban J connectivity index is 1.68. The molecule has 154 valence electrons. The summed E-state index contributed by atoms with van der Waals surface area (Å²) >= 11 is 0. The fraction of sp³-hybridized carbons (Fsp3) is 0.259. The molecule has 3 nitrogen and oxygen atoms in total. The van der Waals surface area contributed by atoms with E-state index in [4.69, 9.17) is 14.2 Å². The Labute approximate surface area is 178 Å². The van der Waals surface area contributed by atoms with Crippen molar-refractivity contribution in [2.75, 3.05) is 13.2 Å². The first-order valence-electron chi connectivity index (χ1n) is 10.4. The maximum absolute atomic E-state index is 6.72. The van der Waals surface area contributed by atoms with Gasteiger partial charge in [-0.25, -0.2) is 0 Å². The zero-order valence-corrected chi connectivity index (χ0v) is 17.5. The van der Waals surface area contributed by atoms with Crippen molar-refractivity contribution in [3.8, 4) is 0 Å². The van der Waals surface area contributed by atoms with Gasteiger partial charge in [0.1, 0.15) is 11.7 Å². The second-order valence-corrected chi connectivity index (χ2v) is 7.89. The van der Waals surface area contributed by atoms with E-state index in [-0.39, 0.29) is 6.10 Å². The average molecular weight is 401 g/mol. The van der Waals surface area contributed by atoms with Gasteiger partial charge in [0.05, 0.1) is 13.2 Å². The maximum Gasteiger partial charge on any atom is 0.163 e. The minimum atomic E-state index is -0.708. The zero-order valence-electron chi connectivity index (χ0n) is 17.5. The van der Waals surface area contributed by atoms with Crippen molar-refractivity contribution in [1.82, 2.24) is 0 Å². The van der Waals surface area contributed by atoms with Crippen molar-refractivity contribution < 1.29 is 14.2 Å². The lowest BCUT2D eigenvalue weighted by Gasteiger charge is -2.35. The molecule has 0 N–H and O–H groups in total. The Morgan fingerprint density at radius 2 is 1.30 bits per heavy atom. The molecule has 3 aromatic rings. The summed E-state index contributed by atoms with van der Waals surface area (Å²) in [5, 5.41) is 0. The molecule has 0 radical (unpaired) electrons. The molecule has 0 aliphatic carbocycles. The fourth-order valence-corrected chi connectivity index (χ4v) is 3.96. The molecule has 1 aliphatic heterocycles. The first-order chi connectivity index (χ1) is 14.6. The van der Waals surface area contributed by atoms with Gasteiger partial charge in [0.2, 0.25) is 0 Å². The quantitative estimate of drug-likeness (QED) is 0.376. The molecule has 0 aromatic heterocycles. The first kappa shape index (κ1) is 20.5. The second kappa shape index (κ2) is 8.97. The van der Waals surface area contributed by atoms with Crippen molar-refractivity contribution in [3.63, 3.8) is 0 Å². The Morgan fingerprint density at radius 1 is 0.833 bits per heavy atom. The molecule has 0 saturated carbocycles. The van der Waals surface area contributed by atoms with Gasteiger partial charge < -0.3 is 14.2 Å². The Hall–Kier alpha value is -2.72. The maximum atomic E-state index is 6.72. The lowest BCUT2D eigenvalue weighted by Crippen LogP contribution is -2.33. The fourth-order valence-electron chi connectivity index (χ4n) is 3.96. The number of benzene rings is 3. The molecule has 4 rings (SSSR count). The third-order valence-electron chi connectivity index (χ3n) is 5.32. The first-order valence-corrected chi connectivity index (χ1v) is 10.4. The Kier molecular flexibility index (Phi) is 6.14. The smallest absolute Gasteiger partial charge is 0.163 e. The highest BCUT2D eigenvalue weighted by molar-refractivity contribution is 5.47. The predicted octanol–water partition coefficient (Wildman–Crippen LogP) is 5.70. The van der Waals surface area contributed by atoms with Gasteiger partial charge in [-0.05, 0) is 30.5 Å². The van der Waals surface area contributed by atoms with Crippen LogP contribution < -0.4 is 0 Å². The molecule has 0 spiro atoms. The van der Waals surface area contributed by atoms with Gasteiger partial charge in [-0.15, -0.1) is 0 Å². The number of ether oxygens (including phenoxy) is 3. The molecule has 1 aliphatic rings. The van der Waals surface area contributed by atoms with Gasteiger partial charge in [-0.2, -0.15) is 0 Å². The highest BCUT2D eigenvalue weighted by Crippen LogP contribution is 2.40. The molecule has 1 fully saturated rings. The topological polar surface area (TPSA) is 27.7 Å². The largest absolute Gasteiger partial charge is 0.357 e. The molecular weight excluding hydrogens is 372 g/mol. The lowest BCUT2D eigenvalue weighted by molar-refractivity contribution is -0.133. The summed E-state index contributed by atoms with van der Waals surface area (Å²) < 4.78 is 18.2. The average Bonchev–Trinajstić information content (AvgIpc) is 3.14. The SMILES string of the molecule is CC1(C)OC[C@H](/C=C\COC(c2ccccc2)(c2ccccc2)c2ccccc2)O1. The molecule has 3 aromatic carbocycles. The third kappa shape index (κ3) is 4.39. The molecule has 0 bridgehead atoms. The molecule has 1 saturated heterocycles. The van der Waals surface area contributed by atoms with Crippen LogP contribution in [-0.2, 0) is 19.8 Å². The minimum absolute atomic E-state index is 0.0526. The van der Waals surface area contributed by atoms with Gasteiger partial charge in [-0.1, -0.05) is 103 Å². The van der Waals surface area contributed by atoms with Crippen LogP contribution in [0.4, 0.5) is 0 Å². The van der Waals surface area contributed by atoms with Crippen molar-refractivity contribution >= 4 is 0 Å². The van der Waals surface area contributed by atoms with Crippen LogP contribution in [0.25, 0.3) is 0 Å². The van der Waals surface area contributed by atoms with Crippen LogP contribution in [0, 0.1) is 0 Å². The van der Waals surface area contributed by atoms with Crippen LogP contribution >= 0.6 is 0 Å². The summed E-state index contributed by atoms with van der Waals surface area (Å²) in [6, 6.07) is 31.2. The normalized spacial score (nSPS) is 18.7. The Morgan fingerprint density at radius 3 is 1.70 bits per heavy atom. The molecule has 0 amide bonds. The van der Waals surface area contributed by atoms with Crippen molar-refractivity contribution in [1.29, 1.82) is 0 Å². The predicted molar refractivity (Wildman–Crippen MR) is 119 cm³/mol. The van der Waals surface area contributed by atoms with E-state index < -0.39 is 11.4 Å². The summed E-state index contributed by atoms with van der Waals surface area (Å²) in [5.74, 6) is -0.530. The molecule has 1 atom stereocenters. The number of rotatable bonds is 7. The van der Waals surface area contributed by atoms with E-state index in [0.29, 0.717) is 13.2 Å². The van der Waals surface area contributed by atoms with E-state index in [9.17, 15) is 0 Å². The van der Waals surface area contributed by atoms with Crippen LogP contribution in [0.5, 0.6) is 0 Å². The number of hydrogen-bond acceptors (Lipinski definition) is 3. The summed E-state index contributed by atoms with van der Waals surface area (Å²) in [6.07, 6.45) is 4.00. The van der Waals surface area contributed by atoms with Gasteiger partial charge in [0, 0.05) is 0 Å². The standard InChI is InChI=1S/C27H28O3/c1-26(2)29-21-25(30-26)19-12-20-28-27(22-13-6-3-7-14-22,23-15-8-4-9-16-23)24-17-10-5-11-18-24/h3-19,25H,20-21H2,1-2H3/b19-12-/t25-/m0/s1. The highest BCUT2D eigenvalue weighted by Gasteiger charge is 2.37. The van der Waals surface area contributed by atoms with Crippen LogP contribution in [0.3, 0.4) is 0 Å². The van der Waals surface area contributed by atoms with E-state index in [1.54, 1.807) is 0 Å². The summed E-state index contributed by atoms with van der Waals surface area (Å²) in [6.45, 7) is 4.87. The zero-order chi connectivity index (χ0) is 20.9. The highest BCUT2D eigenvalue weighted by atomic mass is 16.7. The Bertz CT molecular complexity index is 853. The van der Waals surface area contributed by atoms with Gasteiger partial charge >= 0.3 is 0 Å². The van der Waals surface area contributed by atoms with E-state index in [1.165, 1.54) is 0 Å². The van der Waals surface area contributed by atoms with E-state index >= 15 is 0 Å². The van der Waals surface area contributed by atoms with Crippen LogP contribution in [-0.4, -0.2) is 25.1 Å². The minimum Gasteiger partial charge on any atom is -0.357 e. The third-order valence-corrected chi connectivity index (χ3v) is 5.32.